The average molecular weight is 485 g/mol. The Morgan fingerprint density at radius 1 is 1.08 bits per heavy atom. The number of aryl methyl sites for hydroxylation is 1. The molecular formula is C28H32N6O2. The first-order valence-electron chi connectivity index (χ1n) is 12.7. The van der Waals surface area contributed by atoms with Gasteiger partial charge in [0.1, 0.15) is 11.6 Å². The van der Waals surface area contributed by atoms with E-state index in [1.807, 2.05) is 54.6 Å². The number of phenols is 1. The molecule has 4 N–H and O–H groups in total. The number of aliphatic imine (C=N–C) groups is 1. The third-order valence-corrected chi connectivity index (χ3v) is 7.83. The molecule has 1 atom stereocenters. The number of rotatable bonds is 4. The molecule has 186 valence electrons. The number of fused-ring (bicyclic) bond motifs is 1. The smallest absolute Gasteiger partial charge is 0.254 e. The highest BCUT2D eigenvalue weighted by atomic mass is 16.3. The maximum atomic E-state index is 13.2. The summed E-state index contributed by atoms with van der Waals surface area (Å²) in [6.07, 6.45) is 7.72. The Balaban J connectivity index is 1.11. The lowest BCUT2D eigenvalue weighted by molar-refractivity contribution is 0.0629. The van der Waals surface area contributed by atoms with Gasteiger partial charge in [-0.2, -0.15) is 0 Å². The SMILES string of the molecule is Cc1cc(NC2=NC=CN3C(c4ccc(O)cc4)=CNC23)ccc1C(=O)N1CCC(C2CNC2)CC1. The predicted octanol–water partition coefficient (Wildman–Crippen LogP) is 3.30. The Kier molecular flexibility index (Phi) is 5.89. The normalized spacial score (nSPS) is 21.9. The van der Waals surface area contributed by atoms with Crippen LogP contribution in [0.4, 0.5) is 5.69 Å². The van der Waals surface area contributed by atoms with E-state index in [1.54, 1.807) is 18.3 Å². The number of hydrogen-bond donors (Lipinski definition) is 4. The van der Waals surface area contributed by atoms with Crippen LogP contribution in [0.15, 0.2) is 66.1 Å². The Labute approximate surface area is 211 Å². The molecule has 2 aromatic rings. The molecule has 0 aromatic heterocycles. The van der Waals surface area contributed by atoms with E-state index >= 15 is 0 Å². The van der Waals surface area contributed by atoms with Crippen molar-refractivity contribution in [3.05, 3.63) is 77.8 Å². The largest absolute Gasteiger partial charge is 0.508 e. The Morgan fingerprint density at radius 3 is 2.56 bits per heavy atom. The van der Waals surface area contributed by atoms with Crippen LogP contribution in [0.25, 0.3) is 5.70 Å². The van der Waals surface area contributed by atoms with Gasteiger partial charge in [-0.15, -0.1) is 0 Å². The van der Waals surface area contributed by atoms with Crippen molar-refractivity contribution in [3.63, 3.8) is 0 Å². The van der Waals surface area contributed by atoms with Gasteiger partial charge < -0.3 is 30.9 Å². The number of nitrogens with one attached hydrogen (secondary N) is 3. The standard InChI is InChI=1S/C28H32N6O2/c1-18-14-22(4-7-24(18)28(36)33-11-8-19(9-12-33)21-15-29-16-21)32-26-27-31-17-25(34(27)13-10-30-26)20-2-5-23(35)6-3-20/h2-7,10,13-14,17,19,21,27,29,31,35H,8-9,11-12,15-16H2,1H3,(H,30,32). The summed E-state index contributed by atoms with van der Waals surface area (Å²) in [5.41, 5.74) is 4.63. The van der Waals surface area contributed by atoms with E-state index in [0.717, 1.165) is 84.8 Å². The van der Waals surface area contributed by atoms with E-state index in [-0.39, 0.29) is 17.8 Å². The highest BCUT2D eigenvalue weighted by molar-refractivity contribution is 6.02. The van der Waals surface area contributed by atoms with Crippen LogP contribution < -0.4 is 16.0 Å². The zero-order valence-electron chi connectivity index (χ0n) is 20.4. The summed E-state index contributed by atoms with van der Waals surface area (Å²) in [6.45, 7) is 5.97. The second kappa shape index (κ2) is 9.35. The molecule has 2 aromatic carbocycles. The zero-order chi connectivity index (χ0) is 24.6. The zero-order valence-corrected chi connectivity index (χ0v) is 20.4. The monoisotopic (exact) mass is 484 g/mol. The third-order valence-electron chi connectivity index (χ3n) is 7.83. The molecule has 8 nitrogen and oxygen atoms in total. The van der Waals surface area contributed by atoms with Crippen molar-refractivity contribution < 1.29 is 9.90 Å². The summed E-state index contributed by atoms with van der Waals surface area (Å²) in [5.74, 6) is 2.70. The molecule has 1 amide bonds. The fourth-order valence-corrected chi connectivity index (χ4v) is 5.57. The number of amides is 1. The fraction of sp³-hybridized carbons (Fsp3) is 0.357. The summed E-state index contributed by atoms with van der Waals surface area (Å²) in [7, 11) is 0. The van der Waals surface area contributed by atoms with Gasteiger partial charge in [0, 0.05) is 42.9 Å². The summed E-state index contributed by atoms with van der Waals surface area (Å²) < 4.78 is 0. The molecule has 0 bridgehead atoms. The van der Waals surface area contributed by atoms with Gasteiger partial charge in [0.05, 0.1) is 5.70 Å². The van der Waals surface area contributed by atoms with Gasteiger partial charge in [-0.3, -0.25) is 4.79 Å². The van der Waals surface area contributed by atoms with E-state index < -0.39 is 0 Å². The molecule has 4 heterocycles. The van der Waals surface area contributed by atoms with E-state index in [4.69, 9.17) is 0 Å². The highest BCUT2D eigenvalue weighted by Crippen LogP contribution is 2.31. The summed E-state index contributed by atoms with van der Waals surface area (Å²) in [4.78, 5) is 21.9. The van der Waals surface area contributed by atoms with Gasteiger partial charge in [0.2, 0.25) is 0 Å². The maximum absolute atomic E-state index is 13.2. The molecule has 6 rings (SSSR count). The molecule has 8 heteroatoms. The van der Waals surface area contributed by atoms with E-state index in [9.17, 15) is 9.90 Å². The van der Waals surface area contributed by atoms with Crippen LogP contribution in [0.1, 0.15) is 34.3 Å². The second-order valence-corrected chi connectivity index (χ2v) is 10.1. The number of aromatic hydroxyl groups is 1. The molecule has 0 saturated carbocycles. The molecule has 1 unspecified atom stereocenters. The molecule has 4 aliphatic rings. The van der Waals surface area contributed by atoms with Crippen LogP contribution in [-0.2, 0) is 0 Å². The molecule has 0 spiro atoms. The molecule has 4 aliphatic heterocycles. The van der Waals surface area contributed by atoms with Crippen molar-refractivity contribution in [1.29, 1.82) is 0 Å². The number of hydrogen-bond acceptors (Lipinski definition) is 7. The van der Waals surface area contributed by atoms with E-state index in [1.165, 1.54) is 0 Å². The number of carbonyl (C=O) groups excluding carboxylic acids is 1. The van der Waals surface area contributed by atoms with Crippen molar-refractivity contribution in [3.8, 4) is 5.75 Å². The lowest BCUT2D eigenvalue weighted by Gasteiger charge is -2.40. The number of amidine groups is 1. The second-order valence-electron chi connectivity index (χ2n) is 10.1. The minimum atomic E-state index is -0.160. The average Bonchev–Trinajstić information content (AvgIpc) is 3.29. The van der Waals surface area contributed by atoms with Crippen LogP contribution in [0.3, 0.4) is 0 Å². The van der Waals surface area contributed by atoms with Gasteiger partial charge in [0.15, 0.2) is 6.17 Å². The summed E-state index contributed by atoms with van der Waals surface area (Å²) >= 11 is 0. The lowest BCUT2D eigenvalue weighted by atomic mass is 9.81. The summed E-state index contributed by atoms with van der Waals surface area (Å²) in [6, 6.07) is 13.1. The first-order chi connectivity index (χ1) is 17.6. The Morgan fingerprint density at radius 2 is 1.86 bits per heavy atom. The fourth-order valence-electron chi connectivity index (χ4n) is 5.57. The van der Waals surface area contributed by atoms with Crippen molar-refractivity contribution in [2.24, 2.45) is 16.8 Å². The number of anilines is 1. The topological polar surface area (TPSA) is 92.2 Å². The number of nitrogens with zero attached hydrogens (tertiary/aromatic N) is 3. The number of phenolic OH excluding ortho intramolecular Hbond substituents is 1. The van der Waals surface area contributed by atoms with E-state index in [2.05, 4.69) is 25.8 Å². The van der Waals surface area contributed by atoms with Crippen molar-refractivity contribution >= 4 is 23.1 Å². The predicted molar refractivity (Wildman–Crippen MR) is 141 cm³/mol. The van der Waals surface area contributed by atoms with Crippen LogP contribution in [-0.4, -0.2) is 59.0 Å². The quantitative estimate of drug-likeness (QED) is 0.532. The minimum absolute atomic E-state index is 0.133. The van der Waals surface area contributed by atoms with Crippen LogP contribution in [0.2, 0.25) is 0 Å². The molecular weight excluding hydrogens is 452 g/mol. The molecule has 2 fully saturated rings. The molecule has 2 saturated heterocycles. The minimum Gasteiger partial charge on any atom is -0.508 e. The van der Waals surface area contributed by atoms with Crippen LogP contribution in [0, 0.1) is 18.8 Å². The van der Waals surface area contributed by atoms with Gasteiger partial charge in [-0.05, 0) is 98.3 Å². The van der Waals surface area contributed by atoms with Gasteiger partial charge in [-0.1, -0.05) is 0 Å². The van der Waals surface area contributed by atoms with Crippen LogP contribution in [0.5, 0.6) is 5.75 Å². The van der Waals surface area contributed by atoms with Crippen LogP contribution >= 0.6 is 0 Å². The van der Waals surface area contributed by atoms with E-state index in [0.29, 0.717) is 0 Å². The first-order valence-corrected chi connectivity index (χ1v) is 12.7. The van der Waals surface area contributed by atoms with Crippen molar-refractivity contribution in [1.82, 2.24) is 20.4 Å². The Hall–Kier alpha value is -3.78. The third kappa shape index (κ3) is 4.22. The van der Waals surface area contributed by atoms with Crippen molar-refractivity contribution in [2.45, 2.75) is 25.9 Å². The molecule has 36 heavy (non-hydrogen) atoms. The first kappa shape index (κ1) is 22.7. The number of carbonyl (C=O) groups is 1. The van der Waals surface area contributed by atoms with Gasteiger partial charge >= 0.3 is 0 Å². The molecule has 0 radical (unpaired) electrons. The molecule has 0 aliphatic carbocycles. The summed E-state index contributed by atoms with van der Waals surface area (Å²) in [5, 5.41) is 19.8. The number of benzene rings is 2. The lowest BCUT2D eigenvalue weighted by Crippen LogP contribution is -2.50. The van der Waals surface area contributed by atoms with Gasteiger partial charge in [0.25, 0.3) is 5.91 Å². The maximum Gasteiger partial charge on any atom is 0.254 e. The highest BCUT2D eigenvalue weighted by Gasteiger charge is 2.33. The number of likely N-dealkylation sites (tertiary alicyclic amines) is 1. The van der Waals surface area contributed by atoms with Crippen molar-refractivity contribution in [2.75, 3.05) is 31.5 Å². The van der Waals surface area contributed by atoms with Gasteiger partial charge in [-0.25, -0.2) is 4.99 Å². The number of piperidine rings is 1. The Bertz CT molecular complexity index is 1240.